The Bertz CT molecular complexity index is 1500. The molecule has 0 saturated carbocycles. The minimum absolute atomic E-state index is 0.0301. The lowest BCUT2D eigenvalue weighted by Crippen LogP contribution is -2.57. The van der Waals surface area contributed by atoms with Gasteiger partial charge in [0, 0.05) is 56.2 Å². The van der Waals surface area contributed by atoms with Crippen LogP contribution >= 0.6 is 0 Å². The van der Waals surface area contributed by atoms with Crippen molar-refractivity contribution in [3.05, 3.63) is 99.9 Å². The number of hydrogen-bond acceptors (Lipinski definition) is 6. The fourth-order valence-electron chi connectivity index (χ4n) is 5.10. The Morgan fingerprint density at radius 2 is 1.75 bits per heavy atom. The van der Waals surface area contributed by atoms with Crippen molar-refractivity contribution in [2.75, 3.05) is 18.0 Å². The van der Waals surface area contributed by atoms with Crippen LogP contribution in [0.25, 0.3) is 15.9 Å². The van der Waals surface area contributed by atoms with E-state index in [1.807, 2.05) is 0 Å². The van der Waals surface area contributed by atoms with Gasteiger partial charge in [-0.05, 0) is 43.7 Å². The van der Waals surface area contributed by atoms with Gasteiger partial charge in [0.1, 0.15) is 12.1 Å². The molecule has 1 aliphatic rings. The van der Waals surface area contributed by atoms with Crippen LogP contribution in [0.5, 0.6) is 0 Å². The van der Waals surface area contributed by atoms with Gasteiger partial charge in [0.15, 0.2) is 0 Å². The first-order chi connectivity index (χ1) is 17.4. The van der Waals surface area contributed by atoms with Crippen molar-refractivity contribution in [3.8, 4) is 0 Å². The Kier molecular flexibility index (Phi) is 6.20. The van der Waals surface area contributed by atoms with Gasteiger partial charge >= 0.3 is 0 Å². The number of aromatic nitrogens is 4. The van der Waals surface area contributed by atoms with E-state index in [0.29, 0.717) is 29.9 Å². The second-order valence-electron chi connectivity index (χ2n) is 9.25. The summed E-state index contributed by atoms with van der Waals surface area (Å²) in [6, 6.07) is 11.5. The molecule has 0 aliphatic carbocycles. The van der Waals surface area contributed by atoms with E-state index in [1.165, 1.54) is 18.5 Å². The Morgan fingerprint density at radius 1 is 1.03 bits per heavy atom. The number of piperazine rings is 1. The number of benzene rings is 1. The average Bonchev–Trinajstić information content (AvgIpc) is 2.89. The van der Waals surface area contributed by atoms with Crippen LogP contribution in [-0.4, -0.2) is 49.6 Å². The molecule has 0 spiro atoms. The third kappa shape index (κ3) is 4.20. The van der Waals surface area contributed by atoms with E-state index in [2.05, 4.69) is 43.4 Å². The first-order valence-corrected chi connectivity index (χ1v) is 11.8. The van der Waals surface area contributed by atoms with E-state index in [-0.39, 0.29) is 29.5 Å². The molecule has 1 fully saturated rings. The number of hydrogen-bond donors (Lipinski definition) is 0. The van der Waals surface area contributed by atoms with Crippen molar-refractivity contribution < 1.29 is 4.39 Å². The standard InChI is InChI=1S/C27H26FN7O/c1-17-15-35(27(20-12-30-16-31-13-20)19-5-7-21(28)8-6-19)18(2)14-34(17)23-11-25(36)33(4)22-9-10-24(29-3)32-26(22)23/h5-13,16-18,27H,14-15H2,1-2,4H3/t17-,18+,27?/m0/s1. The zero-order valence-electron chi connectivity index (χ0n) is 20.3. The van der Waals surface area contributed by atoms with Gasteiger partial charge in [0.2, 0.25) is 5.52 Å². The molecule has 5 rings (SSSR count). The van der Waals surface area contributed by atoms with Crippen molar-refractivity contribution in [1.29, 1.82) is 0 Å². The lowest BCUT2D eigenvalue weighted by Gasteiger charge is -2.48. The lowest BCUT2D eigenvalue weighted by atomic mass is 9.95. The molecule has 0 N–H and O–H groups in total. The minimum Gasteiger partial charge on any atom is -0.362 e. The fraction of sp³-hybridized carbons (Fsp3) is 0.296. The molecular formula is C27H26FN7O. The number of rotatable bonds is 4. The molecule has 8 nitrogen and oxygen atoms in total. The van der Waals surface area contributed by atoms with Gasteiger partial charge in [-0.25, -0.2) is 14.4 Å². The van der Waals surface area contributed by atoms with E-state index in [4.69, 9.17) is 6.57 Å². The SMILES string of the molecule is [C-]#[N+]c1ccc2c(n1)c(N1C[C@@H](C)N(C(c3ccc(F)cc3)c3cncnc3)C[C@@H]1C)cc(=O)n2C. The molecule has 36 heavy (non-hydrogen) atoms. The first-order valence-electron chi connectivity index (χ1n) is 11.8. The molecule has 3 atom stereocenters. The van der Waals surface area contributed by atoms with Crippen molar-refractivity contribution in [2.24, 2.45) is 7.05 Å². The van der Waals surface area contributed by atoms with E-state index in [9.17, 15) is 9.18 Å². The number of fused-ring (bicyclic) bond motifs is 1. The highest BCUT2D eigenvalue weighted by Crippen LogP contribution is 2.35. The highest BCUT2D eigenvalue weighted by Gasteiger charge is 2.36. The van der Waals surface area contributed by atoms with Crippen molar-refractivity contribution in [1.82, 2.24) is 24.4 Å². The number of pyridine rings is 2. The summed E-state index contributed by atoms with van der Waals surface area (Å²) in [4.78, 5) is 33.9. The third-order valence-electron chi connectivity index (χ3n) is 6.93. The van der Waals surface area contributed by atoms with Gasteiger partial charge in [-0.1, -0.05) is 18.7 Å². The highest BCUT2D eigenvalue weighted by molar-refractivity contribution is 5.89. The van der Waals surface area contributed by atoms with E-state index < -0.39 is 0 Å². The maximum Gasteiger partial charge on any atom is 0.270 e. The smallest absolute Gasteiger partial charge is 0.270 e. The normalized spacial score (nSPS) is 19.2. The quantitative estimate of drug-likeness (QED) is 0.407. The summed E-state index contributed by atoms with van der Waals surface area (Å²) >= 11 is 0. The molecule has 182 valence electrons. The monoisotopic (exact) mass is 483 g/mol. The first kappa shape index (κ1) is 23.6. The van der Waals surface area contributed by atoms with Crippen LogP contribution in [0, 0.1) is 12.4 Å². The van der Waals surface area contributed by atoms with Crippen molar-refractivity contribution in [2.45, 2.75) is 32.0 Å². The molecule has 4 aromatic rings. The summed E-state index contributed by atoms with van der Waals surface area (Å²) in [6.07, 6.45) is 5.10. The number of aryl methyl sites for hydroxylation is 1. The molecule has 1 unspecified atom stereocenters. The zero-order chi connectivity index (χ0) is 25.4. The van der Waals surface area contributed by atoms with Gasteiger partial charge in [-0.3, -0.25) is 9.69 Å². The zero-order valence-corrected chi connectivity index (χ0v) is 20.3. The topological polar surface area (TPSA) is 71.5 Å². The predicted octanol–water partition coefficient (Wildman–Crippen LogP) is 4.10. The van der Waals surface area contributed by atoms with Gasteiger partial charge < -0.3 is 14.3 Å². The third-order valence-corrected chi connectivity index (χ3v) is 6.93. The molecule has 1 aromatic carbocycles. The van der Waals surface area contributed by atoms with E-state index in [1.54, 1.807) is 54.3 Å². The van der Waals surface area contributed by atoms with E-state index in [0.717, 1.165) is 16.8 Å². The van der Waals surface area contributed by atoms with Gasteiger partial charge in [0.05, 0.1) is 17.2 Å². The minimum atomic E-state index is -0.281. The van der Waals surface area contributed by atoms with Crippen LogP contribution in [0.1, 0.15) is 31.0 Å². The molecule has 1 saturated heterocycles. The van der Waals surface area contributed by atoms with Crippen LogP contribution < -0.4 is 10.5 Å². The summed E-state index contributed by atoms with van der Waals surface area (Å²) in [5.74, 6) is 0.0130. The molecule has 4 heterocycles. The second-order valence-corrected chi connectivity index (χ2v) is 9.25. The van der Waals surface area contributed by atoms with Crippen LogP contribution in [-0.2, 0) is 7.05 Å². The molecule has 9 heteroatoms. The summed E-state index contributed by atoms with van der Waals surface area (Å²) in [5.41, 5.74) is 3.84. The largest absolute Gasteiger partial charge is 0.362 e. The maximum atomic E-state index is 13.7. The Balaban J connectivity index is 1.55. The van der Waals surface area contributed by atoms with Gasteiger partial charge in [-0.15, -0.1) is 4.98 Å². The second kappa shape index (κ2) is 9.47. The van der Waals surface area contributed by atoms with Crippen molar-refractivity contribution in [3.63, 3.8) is 0 Å². The maximum absolute atomic E-state index is 13.7. The number of nitrogens with zero attached hydrogens (tertiary/aromatic N) is 7. The molecule has 0 amide bonds. The average molecular weight is 484 g/mol. The number of anilines is 1. The highest BCUT2D eigenvalue weighted by atomic mass is 19.1. The van der Waals surface area contributed by atoms with E-state index >= 15 is 0 Å². The Morgan fingerprint density at radius 3 is 2.44 bits per heavy atom. The number of halogens is 1. The summed E-state index contributed by atoms with van der Waals surface area (Å²) in [6.45, 7) is 13.0. The molecule has 1 aliphatic heterocycles. The van der Waals surface area contributed by atoms with Crippen LogP contribution in [0.2, 0.25) is 0 Å². The molecular weight excluding hydrogens is 457 g/mol. The van der Waals surface area contributed by atoms with Gasteiger partial charge in [-0.2, -0.15) is 0 Å². The van der Waals surface area contributed by atoms with Crippen molar-refractivity contribution >= 4 is 22.5 Å². The predicted molar refractivity (Wildman–Crippen MR) is 136 cm³/mol. The molecule has 3 aromatic heterocycles. The van der Waals surface area contributed by atoms with Crippen LogP contribution in [0.15, 0.2) is 66.0 Å². The fourth-order valence-corrected chi connectivity index (χ4v) is 5.10. The Hall–Kier alpha value is -4.16. The van der Waals surface area contributed by atoms with Gasteiger partial charge in [0.25, 0.3) is 11.4 Å². The molecule has 0 radical (unpaired) electrons. The summed E-state index contributed by atoms with van der Waals surface area (Å²) in [7, 11) is 1.72. The summed E-state index contributed by atoms with van der Waals surface area (Å²) < 4.78 is 15.3. The summed E-state index contributed by atoms with van der Waals surface area (Å²) in [5, 5.41) is 0. The van der Waals surface area contributed by atoms with Crippen LogP contribution in [0.3, 0.4) is 0 Å². The van der Waals surface area contributed by atoms with Crippen LogP contribution in [0.4, 0.5) is 15.9 Å². The molecule has 0 bridgehead atoms. The Labute approximate surface area is 208 Å². The lowest BCUT2D eigenvalue weighted by molar-refractivity contribution is 0.129.